The number of thiophene rings is 1. The van der Waals surface area contributed by atoms with E-state index in [0.717, 1.165) is 22.5 Å². The van der Waals surface area contributed by atoms with Crippen molar-refractivity contribution in [1.82, 2.24) is 9.97 Å². The number of likely N-dealkylation sites (N-methyl/N-ethyl adjacent to an activating group) is 1. The van der Waals surface area contributed by atoms with Gasteiger partial charge in [-0.1, -0.05) is 6.92 Å². The van der Waals surface area contributed by atoms with E-state index in [-0.39, 0.29) is 12.1 Å². The van der Waals surface area contributed by atoms with Crippen LogP contribution < -0.4 is 10.2 Å². The van der Waals surface area contributed by atoms with E-state index in [1.807, 2.05) is 32.8 Å². The largest absolute Gasteiger partial charge is 0.394 e. The van der Waals surface area contributed by atoms with Crippen LogP contribution in [0.5, 0.6) is 0 Å². The molecule has 0 aliphatic carbocycles. The first-order chi connectivity index (χ1) is 9.42. The van der Waals surface area contributed by atoms with Gasteiger partial charge >= 0.3 is 0 Å². The summed E-state index contributed by atoms with van der Waals surface area (Å²) in [7, 11) is 3.77. The number of nitrogens with zero attached hydrogens (tertiary/aromatic N) is 3. The van der Waals surface area contributed by atoms with Crippen LogP contribution in [-0.2, 0) is 6.42 Å². The zero-order valence-electron chi connectivity index (χ0n) is 12.7. The Kier molecular flexibility index (Phi) is 4.15. The number of hydrogen-bond donors (Lipinski definition) is 2. The van der Waals surface area contributed by atoms with Crippen molar-refractivity contribution in [3.05, 3.63) is 10.9 Å². The van der Waals surface area contributed by atoms with Gasteiger partial charge < -0.3 is 15.3 Å². The molecular weight excluding hydrogens is 272 g/mol. The zero-order chi connectivity index (χ0) is 14.9. The summed E-state index contributed by atoms with van der Waals surface area (Å²) in [5.74, 6) is 1.46. The normalized spacial score (nSPS) is 11.9. The third-order valence-corrected chi connectivity index (χ3v) is 4.78. The maximum Gasteiger partial charge on any atom is 0.225 e. The van der Waals surface area contributed by atoms with Crippen LogP contribution in [0.15, 0.2) is 6.07 Å². The van der Waals surface area contributed by atoms with Gasteiger partial charge in [0.05, 0.1) is 17.5 Å². The van der Waals surface area contributed by atoms with Crippen molar-refractivity contribution in [2.24, 2.45) is 0 Å². The molecule has 2 aromatic rings. The van der Waals surface area contributed by atoms with E-state index in [1.165, 1.54) is 4.88 Å². The highest BCUT2D eigenvalue weighted by atomic mass is 32.1. The second kappa shape index (κ2) is 5.54. The number of anilines is 2. The topological polar surface area (TPSA) is 61.3 Å². The van der Waals surface area contributed by atoms with Gasteiger partial charge in [0, 0.05) is 19.0 Å². The molecule has 0 saturated carbocycles. The minimum Gasteiger partial charge on any atom is -0.394 e. The van der Waals surface area contributed by atoms with Gasteiger partial charge in [0.25, 0.3) is 0 Å². The van der Waals surface area contributed by atoms with E-state index in [0.29, 0.717) is 5.95 Å². The van der Waals surface area contributed by atoms with E-state index in [2.05, 4.69) is 28.3 Å². The van der Waals surface area contributed by atoms with Crippen LogP contribution >= 0.6 is 11.3 Å². The van der Waals surface area contributed by atoms with Gasteiger partial charge in [0.15, 0.2) is 0 Å². The Labute approximate surface area is 123 Å². The van der Waals surface area contributed by atoms with Gasteiger partial charge in [-0.3, -0.25) is 0 Å². The van der Waals surface area contributed by atoms with E-state index < -0.39 is 0 Å². The minimum atomic E-state index is -0.374. The third kappa shape index (κ3) is 2.58. The quantitative estimate of drug-likeness (QED) is 0.887. The lowest BCUT2D eigenvalue weighted by atomic mass is 10.0. The Morgan fingerprint density at radius 3 is 2.65 bits per heavy atom. The highest BCUT2D eigenvalue weighted by Crippen LogP contribution is 2.34. The predicted molar refractivity (Wildman–Crippen MR) is 85.9 cm³/mol. The highest BCUT2D eigenvalue weighted by Gasteiger charge is 2.26. The maximum absolute atomic E-state index is 9.58. The average molecular weight is 294 g/mol. The Morgan fingerprint density at radius 2 is 2.10 bits per heavy atom. The summed E-state index contributed by atoms with van der Waals surface area (Å²) in [5, 5.41) is 13.6. The number of fused-ring (bicyclic) bond motifs is 1. The Balaban J connectivity index is 2.63. The number of rotatable bonds is 5. The van der Waals surface area contributed by atoms with Crippen molar-refractivity contribution in [2.75, 3.05) is 30.9 Å². The molecule has 5 nitrogen and oxygen atoms in total. The molecule has 2 aromatic heterocycles. The molecule has 20 heavy (non-hydrogen) atoms. The molecule has 6 heteroatoms. The molecule has 2 heterocycles. The Hall–Kier alpha value is -1.40. The van der Waals surface area contributed by atoms with E-state index >= 15 is 0 Å². The summed E-state index contributed by atoms with van der Waals surface area (Å²) in [6.07, 6.45) is 0.989. The van der Waals surface area contributed by atoms with Crippen molar-refractivity contribution in [1.29, 1.82) is 0 Å². The van der Waals surface area contributed by atoms with E-state index in [1.54, 1.807) is 11.3 Å². The van der Waals surface area contributed by atoms with Gasteiger partial charge in [-0.2, -0.15) is 4.98 Å². The first kappa shape index (κ1) is 15.0. The predicted octanol–water partition coefficient (Wildman–Crippen LogP) is 2.50. The molecule has 0 atom stereocenters. The number of aromatic nitrogens is 2. The molecule has 0 unspecified atom stereocenters. The molecule has 110 valence electrons. The van der Waals surface area contributed by atoms with Crippen LogP contribution in [0.3, 0.4) is 0 Å². The Bertz CT molecular complexity index is 608. The van der Waals surface area contributed by atoms with Crippen LogP contribution in [0.25, 0.3) is 10.2 Å². The fraction of sp³-hybridized carbons (Fsp3) is 0.571. The molecule has 0 spiro atoms. The van der Waals surface area contributed by atoms with Crippen LogP contribution in [-0.4, -0.2) is 41.3 Å². The van der Waals surface area contributed by atoms with Crippen LogP contribution in [0, 0.1) is 0 Å². The SMILES string of the molecule is CCc1cc2c(N(C)C(C)(C)CO)nc(NC)nc2s1. The van der Waals surface area contributed by atoms with E-state index in [9.17, 15) is 5.11 Å². The smallest absolute Gasteiger partial charge is 0.225 e. The zero-order valence-corrected chi connectivity index (χ0v) is 13.5. The van der Waals surface area contributed by atoms with Crippen LogP contribution in [0.4, 0.5) is 11.8 Å². The van der Waals surface area contributed by atoms with Gasteiger partial charge in [-0.05, 0) is 26.3 Å². The Morgan fingerprint density at radius 1 is 1.40 bits per heavy atom. The standard InChI is InChI=1S/C14H22N4OS/c1-6-9-7-10-11(18(5)14(2,3)8-19)16-13(15-4)17-12(10)20-9/h7,19H,6,8H2,1-5H3,(H,15,16,17). The molecular formula is C14H22N4OS. The highest BCUT2D eigenvalue weighted by molar-refractivity contribution is 7.18. The van der Waals surface area contributed by atoms with Gasteiger partial charge in [-0.15, -0.1) is 11.3 Å². The molecule has 0 bridgehead atoms. The van der Waals surface area contributed by atoms with Crippen molar-refractivity contribution in [3.8, 4) is 0 Å². The van der Waals surface area contributed by atoms with Gasteiger partial charge in [0.1, 0.15) is 10.6 Å². The lowest BCUT2D eigenvalue weighted by molar-refractivity contribution is 0.216. The molecule has 0 amide bonds. The number of nitrogens with one attached hydrogen (secondary N) is 1. The van der Waals surface area contributed by atoms with Gasteiger partial charge in [-0.25, -0.2) is 4.98 Å². The summed E-state index contributed by atoms with van der Waals surface area (Å²) in [6.45, 7) is 6.19. The van der Waals surface area contributed by atoms with Crippen molar-refractivity contribution < 1.29 is 5.11 Å². The van der Waals surface area contributed by atoms with Crippen molar-refractivity contribution in [3.63, 3.8) is 0 Å². The van der Waals surface area contributed by atoms with Gasteiger partial charge in [0.2, 0.25) is 5.95 Å². The molecule has 0 fully saturated rings. The molecule has 2 N–H and O–H groups in total. The lowest BCUT2D eigenvalue weighted by Crippen LogP contribution is -2.45. The second-order valence-electron chi connectivity index (χ2n) is 5.44. The summed E-state index contributed by atoms with van der Waals surface area (Å²) in [6, 6.07) is 2.15. The number of aliphatic hydroxyl groups is 1. The minimum absolute atomic E-state index is 0.0641. The third-order valence-electron chi connectivity index (χ3n) is 3.61. The molecule has 0 aromatic carbocycles. The number of hydrogen-bond acceptors (Lipinski definition) is 6. The van der Waals surface area contributed by atoms with E-state index in [4.69, 9.17) is 0 Å². The molecule has 2 rings (SSSR count). The maximum atomic E-state index is 9.58. The summed E-state index contributed by atoms with van der Waals surface area (Å²) in [5.41, 5.74) is -0.374. The number of aryl methyl sites for hydroxylation is 1. The number of aliphatic hydroxyl groups excluding tert-OH is 1. The monoisotopic (exact) mass is 294 g/mol. The fourth-order valence-electron chi connectivity index (χ4n) is 1.89. The van der Waals surface area contributed by atoms with Crippen molar-refractivity contribution >= 4 is 33.3 Å². The van der Waals surface area contributed by atoms with Crippen molar-refractivity contribution in [2.45, 2.75) is 32.7 Å². The molecule has 0 saturated heterocycles. The first-order valence-electron chi connectivity index (χ1n) is 6.75. The van der Waals surface area contributed by atoms with Crippen LogP contribution in [0.2, 0.25) is 0 Å². The summed E-state index contributed by atoms with van der Waals surface area (Å²) < 4.78 is 0. The molecule has 0 aliphatic rings. The molecule has 0 aliphatic heterocycles. The molecule has 0 radical (unpaired) electrons. The average Bonchev–Trinajstić information content (AvgIpc) is 2.88. The summed E-state index contributed by atoms with van der Waals surface area (Å²) in [4.78, 5) is 13.4. The van der Waals surface area contributed by atoms with Crippen LogP contribution in [0.1, 0.15) is 25.6 Å². The lowest BCUT2D eigenvalue weighted by Gasteiger charge is -2.35. The second-order valence-corrected chi connectivity index (χ2v) is 6.55. The first-order valence-corrected chi connectivity index (χ1v) is 7.57. The fourth-order valence-corrected chi connectivity index (χ4v) is 2.85. The summed E-state index contributed by atoms with van der Waals surface area (Å²) >= 11 is 1.70.